The summed E-state index contributed by atoms with van der Waals surface area (Å²) in [5, 5.41) is 4.29. The zero-order valence-corrected chi connectivity index (χ0v) is 11.9. The molecule has 0 fully saturated rings. The summed E-state index contributed by atoms with van der Waals surface area (Å²) in [7, 11) is 0. The molecule has 2 aromatic carbocycles. The van der Waals surface area contributed by atoms with Gasteiger partial charge in [-0.05, 0) is 30.4 Å². The van der Waals surface area contributed by atoms with Crippen molar-refractivity contribution in [2.24, 2.45) is 5.10 Å². The highest BCUT2D eigenvalue weighted by Crippen LogP contribution is 2.21. The van der Waals surface area contributed by atoms with Gasteiger partial charge in [-0.15, -0.1) is 11.8 Å². The molecular formula is C16H18N2S. The third-order valence-corrected chi connectivity index (χ3v) is 3.85. The van der Waals surface area contributed by atoms with E-state index in [1.165, 1.54) is 11.3 Å². The van der Waals surface area contributed by atoms with Gasteiger partial charge in [0.1, 0.15) is 0 Å². The Hall–Kier alpha value is -1.74. The maximum absolute atomic E-state index is 4.29. The second-order valence-electron chi connectivity index (χ2n) is 4.12. The summed E-state index contributed by atoms with van der Waals surface area (Å²) in [4.78, 5) is 1.28. The van der Waals surface area contributed by atoms with Crippen LogP contribution in [0.3, 0.4) is 0 Å². The van der Waals surface area contributed by atoms with Crippen molar-refractivity contribution in [1.82, 2.24) is 0 Å². The Morgan fingerprint density at radius 2 is 1.79 bits per heavy atom. The summed E-state index contributed by atoms with van der Waals surface area (Å²) < 4.78 is 0. The average molecular weight is 270 g/mol. The van der Waals surface area contributed by atoms with E-state index in [1.807, 2.05) is 54.4 Å². The van der Waals surface area contributed by atoms with Crippen molar-refractivity contribution in [2.75, 3.05) is 11.2 Å². The zero-order valence-electron chi connectivity index (χ0n) is 11.0. The van der Waals surface area contributed by atoms with E-state index in [1.54, 1.807) is 0 Å². The van der Waals surface area contributed by atoms with E-state index in [0.717, 1.165) is 17.0 Å². The molecule has 98 valence electrons. The fourth-order valence-corrected chi connectivity index (χ4v) is 2.51. The summed E-state index contributed by atoms with van der Waals surface area (Å²) in [5.41, 5.74) is 5.19. The molecule has 0 aliphatic carbocycles. The fraction of sp³-hybridized carbons (Fsp3) is 0.188. The van der Waals surface area contributed by atoms with Crippen LogP contribution in [0.1, 0.15) is 18.9 Å². The first-order valence-electron chi connectivity index (χ1n) is 6.46. The number of hydrazone groups is 1. The molecule has 3 heteroatoms. The normalized spacial score (nSPS) is 10.8. The number of thioether (sulfide) groups is 1. The third-order valence-electron chi connectivity index (χ3n) is 2.55. The van der Waals surface area contributed by atoms with Crippen molar-refractivity contribution in [3.05, 3.63) is 60.2 Å². The van der Waals surface area contributed by atoms with Gasteiger partial charge in [-0.25, -0.2) is 0 Å². The molecule has 0 saturated heterocycles. The Bertz CT molecular complexity index is 523. The Labute approximate surface area is 118 Å². The summed E-state index contributed by atoms with van der Waals surface area (Å²) in [6.07, 6.45) is 3.06. The van der Waals surface area contributed by atoms with Gasteiger partial charge in [0, 0.05) is 10.5 Å². The molecule has 2 rings (SSSR count). The van der Waals surface area contributed by atoms with E-state index < -0.39 is 0 Å². The lowest BCUT2D eigenvalue weighted by Gasteiger charge is -2.04. The Morgan fingerprint density at radius 3 is 2.58 bits per heavy atom. The lowest BCUT2D eigenvalue weighted by molar-refractivity contribution is 1.10. The van der Waals surface area contributed by atoms with E-state index in [9.17, 15) is 0 Å². The highest BCUT2D eigenvalue weighted by molar-refractivity contribution is 7.99. The van der Waals surface area contributed by atoms with Crippen LogP contribution in [0.5, 0.6) is 0 Å². The molecule has 2 aromatic rings. The van der Waals surface area contributed by atoms with Gasteiger partial charge in [0.15, 0.2) is 0 Å². The van der Waals surface area contributed by atoms with Crippen LogP contribution in [0, 0.1) is 0 Å². The van der Waals surface area contributed by atoms with Crippen LogP contribution in [0.2, 0.25) is 0 Å². The van der Waals surface area contributed by atoms with Crippen molar-refractivity contribution in [2.45, 2.75) is 18.2 Å². The lowest BCUT2D eigenvalue weighted by atomic mass is 10.2. The highest BCUT2D eigenvalue weighted by Gasteiger charge is 1.98. The topological polar surface area (TPSA) is 24.4 Å². The van der Waals surface area contributed by atoms with E-state index in [0.29, 0.717) is 0 Å². The monoisotopic (exact) mass is 270 g/mol. The van der Waals surface area contributed by atoms with Crippen LogP contribution < -0.4 is 5.43 Å². The number of rotatable bonds is 6. The van der Waals surface area contributed by atoms with Crippen LogP contribution in [-0.2, 0) is 0 Å². The molecule has 0 aromatic heterocycles. The number of anilines is 1. The Morgan fingerprint density at radius 1 is 1.05 bits per heavy atom. The fourth-order valence-electron chi connectivity index (χ4n) is 1.62. The largest absolute Gasteiger partial charge is 0.279 e. The minimum Gasteiger partial charge on any atom is -0.279 e. The Balaban J connectivity index is 2.02. The van der Waals surface area contributed by atoms with Crippen LogP contribution in [0.15, 0.2) is 64.6 Å². The second-order valence-corrected chi connectivity index (χ2v) is 5.26. The van der Waals surface area contributed by atoms with Crippen molar-refractivity contribution < 1.29 is 0 Å². The Kier molecular flexibility index (Phi) is 5.50. The van der Waals surface area contributed by atoms with Crippen molar-refractivity contribution in [3.63, 3.8) is 0 Å². The number of hydrogen-bond donors (Lipinski definition) is 1. The molecular weight excluding hydrogens is 252 g/mol. The summed E-state index contributed by atoms with van der Waals surface area (Å²) in [6, 6.07) is 18.3. The lowest BCUT2D eigenvalue weighted by Crippen LogP contribution is -1.92. The predicted octanol–water partition coefficient (Wildman–Crippen LogP) is 4.63. The van der Waals surface area contributed by atoms with Gasteiger partial charge >= 0.3 is 0 Å². The standard InChI is InChI=1S/C16H18N2S/c1-2-12-19-16-11-7-6-8-14(16)13-17-18-15-9-4-3-5-10-15/h3-11,13,18H,2,12H2,1H3. The van der Waals surface area contributed by atoms with Gasteiger partial charge in [0.05, 0.1) is 11.9 Å². The van der Waals surface area contributed by atoms with E-state index in [2.05, 4.69) is 35.7 Å². The number of benzene rings is 2. The number of para-hydroxylation sites is 1. The predicted molar refractivity (Wildman–Crippen MR) is 85.1 cm³/mol. The maximum Gasteiger partial charge on any atom is 0.0561 e. The van der Waals surface area contributed by atoms with Gasteiger partial charge in [-0.3, -0.25) is 5.43 Å². The number of nitrogens with zero attached hydrogens (tertiary/aromatic N) is 1. The molecule has 0 aliphatic heterocycles. The summed E-state index contributed by atoms with van der Waals surface area (Å²) >= 11 is 1.87. The minimum absolute atomic E-state index is 0.998. The van der Waals surface area contributed by atoms with Gasteiger partial charge in [0.2, 0.25) is 0 Å². The van der Waals surface area contributed by atoms with E-state index in [4.69, 9.17) is 0 Å². The molecule has 0 atom stereocenters. The molecule has 0 bridgehead atoms. The van der Waals surface area contributed by atoms with Gasteiger partial charge in [-0.2, -0.15) is 5.10 Å². The first-order chi connectivity index (χ1) is 9.40. The summed E-state index contributed by atoms with van der Waals surface area (Å²) in [5.74, 6) is 1.14. The molecule has 1 N–H and O–H groups in total. The maximum atomic E-state index is 4.29. The minimum atomic E-state index is 0.998. The van der Waals surface area contributed by atoms with E-state index >= 15 is 0 Å². The van der Waals surface area contributed by atoms with Gasteiger partial charge in [-0.1, -0.05) is 43.3 Å². The highest BCUT2D eigenvalue weighted by atomic mass is 32.2. The average Bonchev–Trinajstić information content (AvgIpc) is 2.47. The smallest absolute Gasteiger partial charge is 0.0561 e. The molecule has 0 spiro atoms. The molecule has 0 heterocycles. The van der Waals surface area contributed by atoms with Crippen LogP contribution in [0.25, 0.3) is 0 Å². The first kappa shape index (κ1) is 13.7. The summed E-state index contributed by atoms with van der Waals surface area (Å²) in [6.45, 7) is 2.20. The molecule has 0 aliphatic rings. The van der Waals surface area contributed by atoms with Gasteiger partial charge in [0.25, 0.3) is 0 Å². The van der Waals surface area contributed by atoms with Crippen molar-refractivity contribution in [1.29, 1.82) is 0 Å². The number of nitrogens with one attached hydrogen (secondary N) is 1. The quantitative estimate of drug-likeness (QED) is 0.470. The SMILES string of the molecule is CCCSc1ccccc1C=NNc1ccccc1. The molecule has 0 radical (unpaired) electrons. The molecule has 19 heavy (non-hydrogen) atoms. The molecule has 0 amide bonds. The molecule has 0 unspecified atom stereocenters. The molecule has 0 saturated carbocycles. The first-order valence-corrected chi connectivity index (χ1v) is 7.44. The van der Waals surface area contributed by atoms with Crippen molar-refractivity contribution in [3.8, 4) is 0 Å². The molecule has 2 nitrogen and oxygen atoms in total. The van der Waals surface area contributed by atoms with E-state index in [-0.39, 0.29) is 0 Å². The van der Waals surface area contributed by atoms with Crippen LogP contribution in [0.4, 0.5) is 5.69 Å². The second kappa shape index (κ2) is 7.64. The van der Waals surface area contributed by atoms with Crippen LogP contribution >= 0.6 is 11.8 Å². The third kappa shape index (κ3) is 4.45. The van der Waals surface area contributed by atoms with Crippen molar-refractivity contribution >= 4 is 23.7 Å². The van der Waals surface area contributed by atoms with Crippen LogP contribution in [-0.4, -0.2) is 12.0 Å². The van der Waals surface area contributed by atoms with Gasteiger partial charge < -0.3 is 0 Å². The zero-order chi connectivity index (χ0) is 13.3. The number of hydrogen-bond acceptors (Lipinski definition) is 3.